The summed E-state index contributed by atoms with van der Waals surface area (Å²) in [6.07, 6.45) is -2.99. The van der Waals surface area contributed by atoms with Crippen LogP contribution in [0.4, 0.5) is 41.1 Å². The predicted molar refractivity (Wildman–Crippen MR) is 105 cm³/mol. The second kappa shape index (κ2) is 8.78. The van der Waals surface area contributed by atoms with Crippen LogP contribution in [0.2, 0.25) is 5.02 Å². The average Bonchev–Trinajstić information content (AvgIpc) is 2.70. The Morgan fingerprint density at radius 2 is 1.93 bits per heavy atom. The molecule has 1 fully saturated rings. The fraction of sp³-hybridized carbons (Fsp3) is 0.412. The highest BCUT2D eigenvalue weighted by Gasteiger charge is 2.32. The zero-order chi connectivity index (χ0) is 21.9. The molecule has 13 heteroatoms. The molecule has 1 saturated heterocycles. The van der Waals surface area contributed by atoms with Crippen LogP contribution >= 0.6 is 11.6 Å². The van der Waals surface area contributed by atoms with E-state index in [4.69, 9.17) is 22.1 Å². The Bertz CT molecular complexity index is 921. The molecule has 1 aliphatic rings. The molecule has 162 valence electrons. The van der Waals surface area contributed by atoms with Gasteiger partial charge in [-0.25, -0.2) is 19.7 Å². The van der Waals surface area contributed by atoms with E-state index in [0.717, 1.165) is 6.07 Å². The molecule has 3 heterocycles. The molecule has 0 bridgehead atoms. The summed E-state index contributed by atoms with van der Waals surface area (Å²) < 4.78 is 43.3. The maximum absolute atomic E-state index is 12.8. The fourth-order valence-corrected chi connectivity index (χ4v) is 3.06. The van der Waals surface area contributed by atoms with Gasteiger partial charge < -0.3 is 25.6 Å². The van der Waals surface area contributed by atoms with E-state index in [2.05, 4.69) is 20.3 Å². The van der Waals surface area contributed by atoms with Crippen LogP contribution in [0, 0.1) is 0 Å². The lowest BCUT2D eigenvalue weighted by molar-refractivity contribution is -0.137. The number of halogens is 4. The lowest BCUT2D eigenvalue weighted by Crippen LogP contribution is -2.49. The van der Waals surface area contributed by atoms with E-state index in [-0.39, 0.29) is 28.4 Å². The first-order chi connectivity index (χ1) is 14.2. The number of pyridine rings is 1. The zero-order valence-electron chi connectivity index (χ0n) is 15.9. The number of nitrogens with zero attached hydrogens (tertiary/aromatic N) is 5. The number of hydrogen-bond acceptors (Lipinski definition) is 8. The number of aromatic nitrogens is 3. The molecule has 0 radical (unpaired) electrons. The SMILES string of the molecule is CCOC(=O)N1CCN(c2ncnc(Nc3ncc(C(F)(F)F)cc3Cl)c2N)CC1. The minimum Gasteiger partial charge on any atom is -0.450 e. The molecule has 0 spiro atoms. The van der Waals surface area contributed by atoms with Crippen molar-refractivity contribution in [2.75, 3.05) is 48.7 Å². The molecule has 0 aromatic carbocycles. The Kier molecular flexibility index (Phi) is 6.34. The van der Waals surface area contributed by atoms with E-state index >= 15 is 0 Å². The van der Waals surface area contributed by atoms with Crippen LogP contribution in [0.3, 0.4) is 0 Å². The third-order valence-corrected chi connectivity index (χ3v) is 4.66. The van der Waals surface area contributed by atoms with Crippen LogP contribution in [0.15, 0.2) is 18.6 Å². The number of hydrogen-bond donors (Lipinski definition) is 2. The van der Waals surface area contributed by atoms with Gasteiger partial charge in [0.25, 0.3) is 0 Å². The Morgan fingerprint density at radius 3 is 2.53 bits per heavy atom. The lowest BCUT2D eigenvalue weighted by Gasteiger charge is -2.35. The highest BCUT2D eigenvalue weighted by atomic mass is 35.5. The molecule has 3 rings (SSSR count). The first-order valence-corrected chi connectivity index (χ1v) is 9.35. The van der Waals surface area contributed by atoms with E-state index in [1.54, 1.807) is 11.8 Å². The van der Waals surface area contributed by atoms with Crippen LogP contribution in [0.1, 0.15) is 12.5 Å². The van der Waals surface area contributed by atoms with Gasteiger partial charge in [0.1, 0.15) is 17.8 Å². The molecule has 1 aliphatic heterocycles. The molecular weight excluding hydrogens is 427 g/mol. The fourth-order valence-electron chi connectivity index (χ4n) is 2.85. The largest absolute Gasteiger partial charge is 0.450 e. The molecular formula is C17H19ClF3N7O2. The summed E-state index contributed by atoms with van der Waals surface area (Å²) in [5.74, 6) is 0.564. The first kappa shape index (κ1) is 21.7. The van der Waals surface area contributed by atoms with Gasteiger partial charge in [0, 0.05) is 32.4 Å². The monoisotopic (exact) mass is 445 g/mol. The summed E-state index contributed by atoms with van der Waals surface area (Å²) in [5.41, 5.74) is 5.38. The minimum absolute atomic E-state index is 0.0202. The number of nitrogens with two attached hydrogens (primary N) is 1. The number of carbonyl (C=O) groups excluding carboxylic acids is 1. The Balaban J connectivity index is 1.74. The molecule has 3 N–H and O–H groups in total. The number of carbonyl (C=O) groups is 1. The number of rotatable bonds is 4. The number of nitrogens with one attached hydrogen (secondary N) is 1. The third-order valence-electron chi connectivity index (χ3n) is 4.37. The van der Waals surface area contributed by atoms with E-state index in [1.807, 2.05) is 4.90 Å². The third kappa shape index (κ3) is 4.75. The maximum Gasteiger partial charge on any atom is 0.417 e. The predicted octanol–water partition coefficient (Wildman–Crippen LogP) is 3.15. The highest BCUT2D eigenvalue weighted by molar-refractivity contribution is 6.33. The minimum atomic E-state index is -4.55. The van der Waals surface area contributed by atoms with E-state index in [0.29, 0.717) is 44.8 Å². The van der Waals surface area contributed by atoms with Crippen molar-refractivity contribution in [3.8, 4) is 0 Å². The Labute approximate surface area is 175 Å². The number of ether oxygens (including phenoxy) is 1. The second-order valence-electron chi connectivity index (χ2n) is 6.31. The Morgan fingerprint density at radius 1 is 1.23 bits per heavy atom. The smallest absolute Gasteiger partial charge is 0.417 e. The van der Waals surface area contributed by atoms with Gasteiger partial charge in [0.2, 0.25) is 0 Å². The zero-order valence-corrected chi connectivity index (χ0v) is 16.7. The van der Waals surface area contributed by atoms with Gasteiger partial charge in [0.05, 0.1) is 17.2 Å². The van der Waals surface area contributed by atoms with Crippen molar-refractivity contribution in [2.24, 2.45) is 0 Å². The highest BCUT2D eigenvalue weighted by Crippen LogP contribution is 2.34. The van der Waals surface area contributed by atoms with Gasteiger partial charge in [-0.2, -0.15) is 13.2 Å². The summed E-state index contributed by atoms with van der Waals surface area (Å²) >= 11 is 5.93. The number of alkyl halides is 3. The topological polar surface area (TPSA) is 110 Å². The number of amides is 1. The lowest BCUT2D eigenvalue weighted by atomic mass is 10.2. The summed E-state index contributed by atoms with van der Waals surface area (Å²) in [5, 5.41) is 2.52. The van der Waals surface area contributed by atoms with Gasteiger partial charge in [-0.15, -0.1) is 0 Å². The molecule has 0 aliphatic carbocycles. The second-order valence-corrected chi connectivity index (χ2v) is 6.72. The van der Waals surface area contributed by atoms with Crippen molar-refractivity contribution >= 4 is 40.8 Å². The molecule has 1 amide bonds. The molecule has 0 saturated carbocycles. The Hall–Kier alpha value is -3.02. The van der Waals surface area contributed by atoms with Crippen molar-refractivity contribution in [2.45, 2.75) is 13.1 Å². The normalized spacial score (nSPS) is 14.6. The summed E-state index contributed by atoms with van der Waals surface area (Å²) in [6, 6.07) is 0.768. The molecule has 2 aromatic heterocycles. The summed E-state index contributed by atoms with van der Waals surface area (Å²) in [7, 11) is 0. The molecule has 2 aromatic rings. The van der Waals surface area contributed by atoms with Crippen molar-refractivity contribution in [3.63, 3.8) is 0 Å². The van der Waals surface area contributed by atoms with Gasteiger partial charge in [-0.1, -0.05) is 11.6 Å². The average molecular weight is 446 g/mol. The van der Waals surface area contributed by atoms with E-state index in [1.165, 1.54) is 6.33 Å². The van der Waals surface area contributed by atoms with Gasteiger partial charge >= 0.3 is 12.3 Å². The molecule has 0 atom stereocenters. The quantitative estimate of drug-likeness (QED) is 0.738. The maximum atomic E-state index is 12.8. The van der Waals surface area contributed by atoms with Gasteiger partial charge in [-0.3, -0.25) is 0 Å². The summed E-state index contributed by atoms with van der Waals surface area (Å²) in [6.45, 7) is 3.84. The van der Waals surface area contributed by atoms with Crippen molar-refractivity contribution < 1.29 is 22.7 Å². The van der Waals surface area contributed by atoms with Crippen LogP contribution in [-0.4, -0.2) is 58.7 Å². The first-order valence-electron chi connectivity index (χ1n) is 8.97. The van der Waals surface area contributed by atoms with Crippen molar-refractivity contribution in [1.29, 1.82) is 0 Å². The van der Waals surface area contributed by atoms with Crippen molar-refractivity contribution in [1.82, 2.24) is 19.9 Å². The summed E-state index contributed by atoms with van der Waals surface area (Å²) in [4.78, 5) is 27.2. The van der Waals surface area contributed by atoms with Crippen LogP contribution < -0.4 is 16.0 Å². The van der Waals surface area contributed by atoms with Gasteiger partial charge in [0.15, 0.2) is 11.6 Å². The van der Waals surface area contributed by atoms with Crippen molar-refractivity contribution in [3.05, 3.63) is 29.2 Å². The van der Waals surface area contributed by atoms with Gasteiger partial charge in [-0.05, 0) is 13.0 Å². The molecule has 0 unspecified atom stereocenters. The number of anilines is 4. The number of nitrogen functional groups attached to an aromatic ring is 1. The standard InChI is InChI=1S/C17H19ClF3N7O2/c1-2-30-16(29)28-5-3-27(4-6-28)15-12(22)14(24-9-25-15)26-13-11(18)7-10(8-23-13)17(19,20)21/h7-9H,2-6,22H2,1H3,(H,23,24,25,26). The van der Waals surface area contributed by atoms with E-state index < -0.39 is 11.7 Å². The van der Waals surface area contributed by atoms with Crippen LogP contribution in [0.5, 0.6) is 0 Å². The van der Waals surface area contributed by atoms with E-state index in [9.17, 15) is 18.0 Å². The molecule has 9 nitrogen and oxygen atoms in total. The molecule has 30 heavy (non-hydrogen) atoms. The van der Waals surface area contributed by atoms with Crippen LogP contribution in [-0.2, 0) is 10.9 Å². The number of piperazine rings is 1. The van der Waals surface area contributed by atoms with Crippen LogP contribution in [0.25, 0.3) is 0 Å².